The lowest BCUT2D eigenvalue weighted by Crippen LogP contribution is -2.36. The molecule has 1 aromatic rings. The Morgan fingerprint density at radius 1 is 0.927 bits per heavy atom. The third-order valence-corrected chi connectivity index (χ3v) is 7.83. The normalized spacial score (nSPS) is 20.2. The van der Waals surface area contributed by atoms with Crippen molar-refractivity contribution in [1.82, 2.24) is 9.55 Å². The fourth-order valence-corrected chi connectivity index (χ4v) is 5.19. The highest BCUT2D eigenvalue weighted by molar-refractivity contribution is 5.83. The van der Waals surface area contributed by atoms with Gasteiger partial charge in [-0.05, 0) is 13.3 Å². The molecule has 1 fully saturated rings. The summed E-state index contributed by atoms with van der Waals surface area (Å²) in [5.41, 5.74) is -0.844. The molecule has 1 amide bonds. The molecule has 0 aliphatic carbocycles. The Hall–Kier alpha value is -2.49. The van der Waals surface area contributed by atoms with E-state index in [9.17, 15) is 18.8 Å². The summed E-state index contributed by atoms with van der Waals surface area (Å²) in [6, 6.07) is 0. The van der Waals surface area contributed by atoms with E-state index < -0.39 is 41.7 Å². The number of carbonyl (C=O) groups excluding carboxylic acids is 2. The Kier molecular flexibility index (Phi) is 16.6. The number of carbonyl (C=O) groups is 2. The van der Waals surface area contributed by atoms with E-state index in [4.69, 9.17) is 14.2 Å². The van der Waals surface area contributed by atoms with Crippen molar-refractivity contribution in [1.29, 1.82) is 0 Å². The van der Waals surface area contributed by atoms with Crippen molar-refractivity contribution in [2.24, 2.45) is 5.92 Å². The van der Waals surface area contributed by atoms with Gasteiger partial charge in [0.15, 0.2) is 24.0 Å². The van der Waals surface area contributed by atoms with Crippen LogP contribution in [0.2, 0.25) is 0 Å². The Bertz CT molecular complexity index is 972. The molecule has 4 atom stereocenters. The summed E-state index contributed by atoms with van der Waals surface area (Å²) < 4.78 is 31.8. The maximum atomic E-state index is 14.7. The number of nitrogens with zero attached hydrogens (tertiary/aromatic N) is 2. The van der Waals surface area contributed by atoms with Crippen LogP contribution in [0.4, 0.5) is 15.0 Å². The molecule has 0 saturated carbocycles. The van der Waals surface area contributed by atoms with Crippen molar-refractivity contribution < 1.29 is 28.2 Å². The van der Waals surface area contributed by atoms with Crippen molar-refractivity contribution in [2.45, 2.75) is 149 Å². The Morgan fingerprint density at radius 2 is 1.44 bits per heavy atom. The van der Waals surface area contributed by atoms with Crippen LogP contribution in [-0.2, 0) is 19.0 Å². The van der Waals surface area contributed by atoms with Crippen LogP contribution < -0.4 is 11.0 Å². The molecular formula is C31H52FN3O6. The van der Waals surface area contributed by atoms with Crippen molar-refractivity contribution in [2.75, 3.05) is 11.9 Å². The predicted molar refractivity (Wildman–Crippen MR) is 157 cm³/mol. The molecule has 1 saturated heterocycles. The highest BCUT2D eigenvalue weighted by atomic mass is 19.1. The zero-order chi connectivity index (χ0) is 30.0. The molecule has 0 radical (unpaired) electrons. The van der Waals surface area contributed by atoms with Gasteiger partial charge in [0.1, 0.15) is 0 Å². The smallest absolute Gasteiger partial charge is 0.412 e. The van der Waals surface area contributed by atoms with Crippen LogP contribution in [0.1, 0.15) is 137 Å². The van der Waals surface area contributed by atoms with Crippen molar-refractivity contribution in [3.8, 4) is 0 Å². The van der Waals surface area contributed by atoms with Gasteiger partial charge in [-0.15, -0.1) is 0 Å². The number of ether oxygens (including phenoxy) is 3. The molecule has 41 heavy (non-hydrogen) atoms. The molecule has 2 rings (SSSR count). The van der Waals surface area contributed by atoms with Crippen LogP contribution in [0.25, 0.3) is 0 Å². The summed E-state index contributed by atoms with van der Waals surface area (Å²) in [4.78, 5) is 39.9. The van der Waals surface area contributed by atoms with Crippen LogP contribution in [0, 0.1) is 11.7 Å². The predicted octanol–water partition coefficient (Wildman–Crippen LogP) is 7.68. The lowest BCUT2D eigenvalue weighted by molar-refractivity contribution is -0.153. The number of hydrogen-bond donors (Lipinski definition) is 1. The van der Waals surface area contributed by atoms with E-state index in [1.165, 1.54) is 90.4 Å². The summed E-state index contributed by atoms with van der Waals surface area (Å²) in [5.74, 6) is -2.19. The van der Waals surface area contributed by atoms with Gasteiger partial charge in [0.05, 0.1) is 18.9 Å². The number of rotatable bonds is 20. The number of anilines is 1. The maximum Gasteiger partial charge on any atom is 0.412 e. The van der Waals surface area contributed by atoms with Crippen molar-refractivity contribution in [3.05, 3.63) is 22.5 Å². The fourth-order valence-electron chi connectivity index (χ4n) is 5.19. The maximum absolute atomic E-state index is 14.7. The Morgan fingerprint density at radius 3 is 1.95 bits per heavy atom. The molecule has 2 heterocycles. The van der Waals surface area contributed by atoms with Gasteiger partial charge < -0.3 is 14.2 Å². The van der Waals surface area contributed by atoms with Gasteiger partial charge in [-0.1, -0.05) is 110 Å². The quantitative estimate of drug-likeness (QED) is 0.124. The van der Waals surface area contributed by atoms with Gasteiger partial charge in [-0.2, -0.15) is 4.98 Å². The lowest BCUT2D eigenvalue weighted by Gasteiger charge is -2.22. The van der Waals surface area contributed by atoms with Crippen LogP contribution in [-0.4, -0.2) is 40.4 Å². The minimum absolute atomic E-state index is 0.207. The van der Waals surface area contributed by atoms with Gasteiger partial charge >= 0.3 is 17.8 Å². The van der Waals surface area contributed by atoms with E-state index in [-0.39, 0.29) is 18.6 Å². The molecule has 1 aliphatic rings. The van der Waals surface area contributed by atoms with E-state index >= 15 is 0 Å². The van der Waals surface area contributed by atoms with E-state index in [0.717, 1.165) is 30.0 Å². The third-order valence-electron chi connectivity index (χ3n) is 7.83. The van der Waals surface area contributed by atoms with Gasteiger partial charge in [-0.3, -0.25) is 14.7 Å². The van der Waals surface area contributed by atoms with Crippen LogP contribution in [0.15, 0.2) is 11.0 Å². The first kappa shape index (κ1) is 34.7. The van der Waals surface area contributed by atoms with E-state index in [1.54, 1.807) is 6.92 Å². The molecule has 0 bridgehead atoms. The molecule has 234 valence electrons. The van der Waals surface area contributed by atoms with E-state index in [1.807, 2.05) is 6.92 Å². The number of esters is 1. The average Bonchev–Trinajstić information content (AvgIpc) is 3.20. The van der Waals surface area contributed by atoms with E-state index in [2.05, 4.69) is 17.2 Å². The molecule has 1 aromatic heterocycles. The molecule has 1 N–H and O–H groups in total. The van der Waals surface area contributed by atoms with Gasteiger partial charge in [0.25, 0.3) is 0 Å². The molecule has 10 heteroatoms. The second-order valence-corrected chi connectivity index (χ2v) is 11.4. The number of amides is 1. The lowest BCUT2D eigenvalue weighted by atomic mass is 10.0. The van der Waals surface area contributed by atoms with E-state index in [0.29, 0.717) is 0 Å². The van der Waals surface area contributed by atoms with Crippen molar-refractivity contribution in [3.63, 3.8) is 0 Å². The van der Waals surface area contributed by atoms with Crippen LogP contribution in [0.3, 0.4) is 0 Å². The van der Waals surface area contributed by atoms with Crippen molar-refractivity contribution >= 4 is 17.9 Å². The first-order valence-corrected chi connectivity index (χ1v) is 15.8. The summed E-state index contributed by atoms with van der Waals surface area (Å²) in [6.45, 7) is 7.32. The van der Waals surface area contributed by atoms with Gasteiger partial charge in [0.2, 0.25) is 0 Å². The second kappa shape index (κ2) is 19.6. The molecule has 9 nitrogen and oxygen atoms in total. The average molecular weight is 582 g/mol. The van der Waals surface area contributed by atoms with Crippen LogP contribution >= 0.6 is 0 Å². The molecule has 0 aromatic carbocycles. The summed E-state index contributed by atoms with van der Waals surface area (Å²) in [5, 5.41) is 2.20. The molecule has 0 spiro atoms. The zero-order valence-corrected chi connectivity index (χ0v) is 25.6. The van der Waals surface area contributed by atoms with Gasteiger partial charge in [0, 0.05) is 12.8 Å². The minimum Gasteiger partial charge on any atom is -0.457 e. The first-order valence-electron chi connectivity index (χ1n) is 15.8. The summed E-state index contributed by atoms with van der Waals surface area (Å²) in [7, 11) is 0. The highest BCUT2D eigenvalue weighted by Gasteiger charge is 2.43. The third kappa shape index (κ3) is 12.9. The number of nitrogens with one attached hydrogen (secondary N) is 1. The fraction of sp³-hybridized carbons (Fsp3) is 0.806. The summed E-state index contributed by atoms with van der Waals surface area (Å²) in [6.07, 6.45) is 18.0. The molecule has 1 aliphatic heterocycles. The monoisotopic (exact) mass is 581 g/mol. The number of aromatic nitrogens is 2. The molecule has 4 unspecified atom stereocenters. The zero-order valence-electron chi connectivity index (χ0n) is 25.6. The standard InChI is InChI=1S/C31H52FN3O6/c1-5-6-7-8-9-10-11-12-13-14-15-16-17-18-19-20-21-39-31(38)34-28-26(32)22-35(30(37)33-28)29-27(41-25(4)36)23(2)24(3)40-29/h22-24,27,29H,5-21H2,1-4H3,(H,33,34,37,38). The second-order valence-electron chi connectivity index (χ2n) is 11.4. The number of halogens is 1. The van der Waals surface area contributed by atoms with Gasteiger partial charge in [-0.25, -0.2) is 14.0 Å². The number of unbranched alkanes of at least 4 members (excludes halogenated alkanes) is 15. The summed E-state index contributed by atoms with van der Waals surface area (Å²) >= 11 is 0. The van der Waals surface area contributed by atoms with Crippen LogP contribution in [0.5, 0.6) is 0 Å². The Labute approximate surface area is 244 Å². The first-order chi connectivity index (χ1) is 19.7. The SMILES string of the molecule is CCCCCCCCCCCCCCCCCCOC(=O)Nc1nc(=O)n(C2OC(C)C(C)C2OC(C)=O)cc1F. The largest absolute Gasteiger partial charge is 0.457 e. The number of hydrogen-bond acceptors (Lipinski definition) is 7. The highest BCUT2D eigenvalue weighted by Crippen LogP contribution is 2.35. The minimum atomic E-state index is -1.02. The molecular weight excluding hydrogens is 529 g/mol. The topological polar surface area (TPSA) is 109 Å². The Balaban J connectivity index is 1.58.